The summed E-state index contributed by atoms with van der Waals surface area (Å²) in [5.41, 5.74) is 1.34. The largest absolute Gasteiger partial charge is 0.381 e. The van der Waals surface area contributed by atoms with E-state index in [1.54, 1.807) is 0 Å². The standard InChI is InChI=1S/C10H21NO/c1-6-12-8-7-10(9(2)3)11(4)5/h7,9H,6,8H2,1-5H3/b10-7-. The van der Waals surface area contributed by atoms with Crippen molar-refractivity contribution in [3.63, 3.8) is 0 Å². The summed E-state index contributed by atoms with van der Waals surface area (Å²) in [6, 6.07) is 0. The first-order valence-electron chi connectivity index (χ1n) is 4.54. The van der Waals surface area contributed by atoms with Crippen molar-refractivity contribution in [1.29, 1.82) is 0 Å². The molecule has 0 aromatic rings. The fourth-order valence-electron chi connectivity index (χ4n) is 1.20. The molecular formula is C10H21NO. The maximum absolute atomic E-state index is 5.26. The Morgan fingerprint density at radius 3 is 2.33 bits per heavy atom. The Kier molecular flexibility index (Phi) is 5.81. The minimum Gasteiger partial charge on any atom is -0.381 e. The van der Waals surface area contributed by atoms with Gasteiger partial charge in [-0.15, -0.1) is 0 Å². The molecule has 0 aliphatic heterocycles. The van der Waals surface area contributed by atoms with Gasteiger partial charge in [-0.25, -0.2) is 0 Å². The smallest absolute Gasteiger partial charge is 0.0666 e. The second-order valence-electron chi connectivity index (χ2n) is 3.34. The third-order valence-electron chi connectivity index (χ3n) is 1.72. The minimum absolute atomic E-state index is 0.570. The molecule has 0 atom stereocenters. The number of rotatable bonds is 5. The molecule has 0 spiro atoms. The lowest BCUT2D eigenvalue weighted by Crippen LogP contribution is -2.16. The molecule has 0 aromatic heterocycles. The summed E-state index contributed by atoms with van der Waals surface area (Å²) in [6.07, 6.45) is 2.15. The maximum Gasteiger partial charge on any atom is 0.0666 e. The molecule has 0 aliphatic carbocycles. The van der Waals surface area contributed by atoms with Crippen LogP contribution in [0.1, 0.15) is 20.8 Å². The van der Waals surface area contributed by atoms with Gasteiger partial charge in [-0.3, -0.25) is 0 Å². The van der Waals surface area contributed by atoms with Crippen LogP contribution in [0, 0.1) is 5.92 Å². The molecule has 2 nitrogen and oxygen atoms in total. The van der Waals surface area contributed by atoms with E-state index in [-0.39, 0.29) is 0 Å². The van der Waals surface area contributed by atoms with Gasteiger partial charge in [0, 0.05) is 26.4 Å². The molecule has 0 aromatic carbocycles. The molecule has 0 fully saturated rings. The maximum atomic E-state index is 5.26. The highest BCUT2D eigenvalue weighted by Crippen LogP contribution is 2.10. The van der Waals surface area contributed by atoms with Gasteiger partial charge in [-0.05, 0) is 18.9 Å². The third-order valence-corrected chi connectivity index (χ3v) is 1.72. The molecule has 0 saturated heterocycles. The van der Waals surface area contributed by atoms with Crippen LogP contribution in [0.4, 0.5) is 0 Å². The van der Waals surface area contributed by atoms with Gasteiger partial charge in [-0.2, -0.15) is 0 Å². The first-order valence-corrected chi connectivity index (χ1v) is 4.54. The van der Waals surface area contributed by atoms with Crippen LogP contribution in [0.2, 0.25) is 0 Å². The Morgan fingerprint density at radius 2 is 2.00 bits per heavy atom. The Balaban J connectivity index is 4.00. The van der Waals surface area contributed by atoms with Crippen molar-refractivity contribution in [3.05, 3.63) is 11.8 Å². The Bertz CT molecular complexity index is 129. The van der Waals surface area contributed by atoms with Gasteiger partial charge in [0.05, 0.1) is 6.61 Å². The topological polar surface area (TPSA) is 12.5 Å². The molecule has 2 heteroatoms. The summed E-state index contributed by atoms with van der Waals surface area (Å²) in [5, 5.41) is 0. The van der Waals surface area contributed by atoms with Crippen LogP contribution in [-0.4, -0.2) is 32.2 Å². The predicted molar refractivity (Wildman–Crippen MR) is 53.1 cm³/mol. The highest BCUT2D eigenvalue weighted by molar-refractivity contribution is 5.02. The number of allylic oxidation sites excluding steroid dienone is 1. The lowest BCUT2D eigenvalue weighted by molar-refractivity contribution is 0.175. The van der Waals surface area contributed by atoms with E-state index in [0.29, 0.717) is 5.92 Å². The Hall–Kier alpha value is -0.500. The summed E-state index contributed by atoms with van der Waals surface area (Å²) in [5.74, 6) is 0.570. The van der Waals surface area contributed by atoms with Crippen molar-refractivity contribution in [2.75, 3.05) is 27.3 Å². The molecule has 0 amide bonds. The molecule has 0 N–H and O–H groups in total. The first kappa shape index (κ1) is 11.5. The second kappa shape index (κ2) is 6.06. The van der Waals surface area contributed by atoms with Gasteiger partial charge >= 0.3 is 0 Å². The highest BCUT2D eigenvalue weighted by atomic mass is 16.5. The lowest BCUT2D eigenvalue weighted by Gasteiger charge is -2.20. The van der Waals surface area contributed by atoms with Crippen molar-refractivity contribution in [3.8, 4) is 0 Å². The third kappa shape index (κ3) is 4.39. The molecule has 0 radical (unpaired) electrons. The van der Waals surface area contributed by atoms with E-state index < -0.39 is 0 Å². The average molecular weight is 171 g/mol. The monoisotopic (exact) mass is 171 g/mol. The molecule has 12 heavy (non-hydrogen) atoms. The van der Waals surface area contributed by atoms with Crippen LogP contribution in [-0.2, 0) is 4.74 Å². The van der Waals surface area contributed by atoms with Crippen molar-refractivity contribution in [1.82, 2.24) is 4.90 Å². The number of hydrogen-bond donors (Lipinski definition) is 0. The average Bonchev–Trinajstić information content (AvgIpc) is 1.96. The molecule has 72 valence electrons. The number of hydrogen-bond acceptors (Lipinski definition) is 2. The minimum atomic E-state index is 0.570. The summed E-state index contributed by atoms with van der Waals surface area (Å²) >= 11 is 0. The SMILES string of the molecule is CCOC/C=C(/C(C)C)N(C)C. The van der Waals surface area contributed by atoms with Crippen LogP contribution in [0.15, 0.2) is 11.8 Å². The van der Waals surface area contributed by atoms with Gasteiger partial charge in [-0.1, -0.05) is 13.8 Å². The van der Waals surface area contributed by atoms with Crippen molar-refractivity contribution >= 4 is 0 Å². The van der Waals surface area contributed by atoms with Crippen LogP contribution in [0.5, 0.6) is 0 Å². The van der Waals surface area contributed by atoms with Crippen LogP contribution < -0.4 is 0 Å². The molecule has 0 rings (SSSR count). The number of nitrogens with zero attached hydrogens (tertiary/aromatic N) is 1. The first-order chi connectivity index (χ1) is 5.59. The van der Waals surface area contributed by atoms with Crippen LogP contribution >= 0.6 is 0 Å². The van der Waals surface area contributed by atoms with E-state index in [1.807, 2.05) is 6.92 Å². The molecule has 0 unspecified atom stereocenters. The van der Waals surface area contributed by atoms with E-state index in [9.17, 15) is 0 Å². The molecule has 0 heterocycles. The zero-order valence-corrected chi connectivity index (χ0v) is 8.92. The zero-order chi connectivity index (χ0) is 9.56. The summed E-state index contributed by atoms with van der Waals surface area (Å²) in [7, 11) is 4.13. The van der Waals surface area contributed by atoms with Gasteiger partial charge in [0.2, 0.25) is 0 Å². The molecule has 0 bridgehead atoms. The van der Waals surface area contributed by atoms with Crippen LogP contribution in [0.25, 0.3) is 0 Å². The summed E-state index contributed by atoms with van der Waals surface area (Å²) in [6.45, 7) is 7.91. The number of ether oxygens (including phenoxy) is 1. The summed E-state index contributed by atoms with van der Waals surface area (Å²) < 4.78 is 5.26. The second-order valence-corrected chi connectivity index (χ2v) is 3.34. The van der Waals surface area contributed by atoms with E-state index in [4.69, 9.17) is 4.74 Å². The van der Waals surface area contributed by atoms with Gasteiger partial charge < -0.3 is 9.64 Å². The van der Waals surface area contributed by atoms with Gasteiger partial charge in [0.15, 0.2) is 0 Å². The zero-order valence-electron chi connectivity index (χ0n) is 8.92. The molecular weight excluding hydrogens is 150 g/mol. The van der Waals surface area contributed by atoms with E-state index >= 15 is 0 Å². The predicted octanol–water partition coefficient (Wildman–Crippen LogP) is 2.12. The van der Waals surface area contributed by atoms with Crippen molar-refractivity contribution in [2.45, 2.75) is 20.8 Å². The highest BCUT2D eigenvalue weighted by Gasteiger charge is 2.03. The van der Waals surface area contributed by atoms with E-state index in [2.05, 4.69) is 38.9 Å². The van der Waals surface area contributed by atoms with Gasteiger partial charge in [0.25, 0.3) is 0 Å². The molecule has 0 aliphatic rings. The van der Waals surface area contributed by atoms with Crippen molar-refractivity contribution in [2.24, 2.45) is 5.92 Å². The normalized spacial score (nSPS) is 12.3. The lowest BCUT2D eigenvalue weighted by atomic mass is 10.1. The van der Waals surface area contributed by atoms with Crippen molar-refractivity contribution < 1.29 is 4.74 Å². The molecule has 0 saturated carbocycles. The fraction of sp³-hybridized carbons (Fsp3) is 0.800. The quantitative estimate of drug-likeness (QED) is 0.587. The Morgan fingerprint density at radius 1 is 1.42 bits per heavy atom. The van der Waals surface area contributed by atoms with Gasteiger partial charge in [0.1, 0.15) is 0 Å². The van der Waals surface area contributed by atoms with E-state index in [1.165, 1.54) is 5.70 Å². The Labute approximate surface area is 76.2 Å². The van der Waals surface area contributed by atoms with E-state index in [0.717, 1.165) is 13.2 Å². The fourth-order valence-corrected chi connectivity index (χ4v) is 1.20. The summed E-state index contributed by atoms with van der Waals surface area (Å²) in [4.78, 5) is 2.14. The van der Waals surface area contributed by atoms with Crippen LogP contribution in [0.3, 0.4) is 0 Å².